The lowest BCUT2D eigenvalue weighted by molar-refractivity contribution is 0.102. The van der Waals surface area contributed by atoms with Crippen LogP contribution in [-0.4, -0.2) is 12.5 Å². The van der Waals surface area contributed by atoms with Gasteiger partial charge in [0.15, 0.2) is 0 Å². The Morgan fingerprint density at radius 1 is 1.29 bits per heavy atom. The second-order valence-electron chi connectivity index (χ2n) is 4.52. The van der Waals surface area contributed by atoms with Gasteiger partial charge in [-0.3, -0.25) is 4.79 Å². The van der Waals surface area contributed by atoms with E-state index in [1.54, 1.807) is 30.3 Å². The Morgan fingerprint density at radius 3 is 2.81 bits per heavy atom. The van der Waals surface area contributed by atoms with Crippen molar-refractivity contribution in [1.82, 2.24) is 0 Å². The van der Waals surface area contributed by atoms with Crippen molar-refractivity contribution in [3.8, 4) is 11.8 Å². The van der Waals surface area contributed by atoms with Crippen molar-refractivity contribution in [2.24, 2.45) is 5.73 Å². The van der Waals surface area contributed by atoms with E-state index in [0.717, 1.165) is 11.1 Å². The molecule has 21 heavy (non-hydrogen) atoms. The first-order valence-electron chi connectivity index (χ1n) is 6.46. The summed E-state index contributed by atoms with van der Waals surface area (Å²) in [5, 5.41) is 3.31. The van der Waals surface area contributed by atoms with Crippen molar-refractivity contribution in [2.75, 3.05) is 11.9 Å². The van der Waals surface area contributed by atoms with Gasteiger partial charge in [0.05, 0.1) is 17.3 Å². The summed E-state index contributed by atoms with van der Waals surface area (Å²) in [6.07, 6.45) is 0. The molecule has 0 unspecified atom stereocenters. The molecule has 2 aromatic rings. The van der Waals surface area contributed by atoms with Gasteiger partial charge < -0.3 is 11.1 Å². The van der Waals surface area contributed by atoms with Gasteiger partial charge in [-0.05, 0) is 42.8 Å². The van der Waals surface area contributed by atoms with Crippen LogP contribution in [-0.2, 0) is 0 Å². The highest BCUT2D eigenvalue weighted by Crippen LogP contribution is 2.23. The number of anilines is 1. The fraction of sp³-hybridized carbons (Fsp3) is 0.118. The van der Waals surface area contributed by atoms with Crippen LogP contribution in [0.3, 0.4) is 0 Å². The number of rotatable bonds is 2. The number of hydrogen-bond acceptors (Lipinski definition) is 2. The van der Waals surface area contributed by atoms with Gasteiger partial charge in [0.1, 0.15) is 0 Å². The quantitative estimate of drug-likeness (QED) is 0.837. The molecule has 2 rings (SSSR count). The maximum Gasteiger partial charge on any atom is 0.255 e. The third-order valence-electron chi connectivity index (χ3n) is 2.83. The molecular weight excluding hydrogens is 284 g/mol. The van der Waals surface area contributed by atoms with Crippen molar-refractivity contribution < 1.29 is 4.79 Å². The molecule has 3 N–H and O–H groups in total. The number of amides is 1. The van der Waals surface area contributed by atoms with Crippen LogP contribution in [0.4, 0.5) is 5.69 Å². The van der Waals surface area contributed by atoms with Crippen LogP contribution in [0.25, 0.3) is 0 Å². The Bertz CT molecular complexity index is 729. The highest BCUT2D eigenvalue weighted by atomic mass is 35.5. The fourth-order valence-corrected chi connectivity index (χ4v) is 2.09. The van der Waals surface area contributed by atoms with Crippen LogP contribution < -0.4 is 11.1 Å². The first-order valence-corrected chi connectivity index (χ1v) is 6.84. The Kier molecular flexibility index (Phi) is 4.99. The van der Waals surface area contributed by atoms with Crippen molar-refractivity contribution in [3.63, 3.8) is 0 Å². The summed E-state index contributed by atoms with van der Waals surface area (Å²) in [5.41, 5.74) is 8.24. The van der Waals surface area contributed by atoms with Crippen LogP contribution in [0.15, 0.2) is 42.5 Å². The minimum atomic E-state index is -0.225. The molecule has 0 bridgehead atoms. The van der Waals surface area contributed by atoms with Gasteiger partial charge in [-0.2, -0.15) is 0 Å². The molecule has 0 aromatic heterocycles. The van der Waals surface area contributed by atoms with Crippen molar-refractivity contribution >= 4 is 23.2 Å². The summed E-state index contributed by atoms with van der Waals surface area (Å²) in [6, 6.07) is 12.5. The third kappa shape index (κ3) is 4.09. The first kappa shape index (κ1) is 15.1. The van der Waals surface area contributed by atoms with Crippen LogP contribution in [0, 0.1) is 18.8 Å². The van der Waals surface area contributed by atoms with E-state index >= 15 is 0 Å². The number of hydrogen-bond donors (Lipinski definition) is 2. The van der Waals surface area contributed by atoms with Crippen LogP contribution in [0.1, 0.15) is 21.5 Å². The van der Waals surface area contributed by atoms with E-state index < -0.39 is 0 Å². The van der Waals surface area contributed by atoms with Crippen molar-refractivity contribution in [1.29, 1.82) is 0 Å². The van der Waals surface area contributed by atoms with Crippen LogP contribution in [0.2, 0.25) is 5.02 Å². The summed E-state index contributed by atoms with van der Waals surface area (Å²) < 4.78 is 0. The maximum absolute atomic E-state index is 12.2. The number of carbonyl (C=O) groups is 1. The largest absolute Gasteiger partial charge is 0.321 e. The Labute approximate surface area is 129 Å². The van der Waals surface area contributed by atoms with E-state index in [1.165, 1.54) is 0 Å². The van der Waals surface area contributed by atoms with Crippen molar-refractivity contribution in [3.05, 3.63) is 64.2 Å². The Morgan fingerprint density at radius 2 is 2.10 bits per heavy atom. The average molecular weight is 299 g/mol. The van der Waals surface area contributed by atoms with Gasteiger partial charge in [0.2, 0.25) is 0 Å². The lowest BCUT2D eigenvalue weighted by Crippen LogP contribution is -2.12. The van der Waals surface area contributed by atoms with Crippen molar-refractivity contribution in [2.45, 2.75) is 6.92 Å². The van der Waals surface area contributed by atoms with Gasteiger partial charge in [0.25, 0.3) is 5.91 Å². The number of halogens is 1. The van der Waals surface area contributed by atoms with E-state index in [4.69, 9.17) is 17.3 Å². The van der Waals surface area contributed by atoms with Crippen LogP contribution >= 0.6 is 11.6 Å². The minimum Gasteiger partial charge on any atom is -0.321 e. The molecule has 0 aliphatic heterocycles. The number of nitrogens with one attached hydrogen (secondary N) is 1. The zero-order valence-electron chi connectivity index (χ0n) is 11.6. The third-order valence-corrected chi connectivity index (χ3v) is 3.15. The normalized spacial score (nSPS) is 9.67. The zero-order valence-corrected chi connectivity index (χ0v) is 12.4. The molecule has 0 fully saturated rings. The Balaban J connectivity index is 2.20. The molecule has 106 valence electrons. The molecule has 3 nitrogen and oxygen atoms in total. The average Bonchev–Trinajstić information content (AvgIpc) is 2.48. The predicted molar refractivity (Wildman–Crippen MR) is 86.5 cm³/mol. The van der Waals surface area contributed by atoms with E-state index in [1.807, 2.05) is 19.1 Å². The van der Waals surface area contributed by atoms with E-state index in [-0.39, 0.29) is 12.5 Å². The first-order chi connectivity index (χ1) is 10.1. The zero-order chi connectivity index (χ0) is 15.2. The lowest BCUT2D eigenvalue weighted by Gasteiger charge is -2.08. The molecule has 0 atom stereocenters. The summed E-state index contributed by atoms with van der Waals surface area (Å²) in [4.78, 5) is 12.2. The minimum absolute atomic E-state index is 0.225. The van der Waals surface area contributed by atoms with Gasteiger partial charge in [-0.1, -0.05) is 35.6 Å². The molecule has 0 saturated carbocycles. The topological polar surface area (TPSA) is 55.1 Å². The number of carbonyl (C=O) groups excluding carboxylic acids is 1. The molecule has 4 heteroatoms. The summed E-state index contributed by atoms with van der Waals surface area (Å²) in [5.74, 6) is 5.44. The van der Waals surface area contributed by atoms with Gasteiger partial charge >= 0.3 is 0 Å². The smallest absolute Gasteiger partial charge is 0.255 e. The Hall–Kier alpha value is -2.28. The lowest BCUT2D eigenvalue weighted by atomic mass is 10.1. The highest BCUT2D eigenvalue weighted by Gasteiger charge is 2.08. The summed E-state index contributed by atoms with van der Waals surface area (Å²) >= 11 is 6.11. The van der Waals surface area contributed by atoms with E-state index in [0.29, 0.717) is 16.3 Å². The van der Waals surface area contributed by atoms with Gasteiger partial charge in [0, 0.05) is 11.1 Å². The standard InChI is InChI=1S/C17H15ClN2O/c1-12-7-8-16(15(18)10-12)20-17(21)14-6-2-4-13(11-14)5-3-9-19/h2,4,6-8,10-11H,9,19H2,1H3,(H,20,21). The molecule has 1 amide bonds. The second-order valence-corrected chi connectivity index (χ2v) is 4.93. The number of benzene rings is 2. The van der Waals surface area contributed by atoms with E-state index in [9.17, 15) is 4.79 Å². The number of aryl methyl sites for hydroxylation is 1. The van der Waals surface area contributed by atoms with Crippen LogP contribution in [0.5, 0.6) is 0 Å². The SMILES string of the molecule is Cc1ccc(NC(=O)c2cccc(C#CCN)c2)c(Cl)c1. The number of nitrogens with two attached hydrogens (primary N) is 1. The highest BCUT2D eigenvalue weighted by molar-refractivity contribution is 6.34. The second kappa shape index (κ2) is 6.94. The molecule has 0 radical (unpaired) electrons. The molecule has 0 heterocycles. The predicted octanol–water partition coefficient (Wildman–Crippen LogP) is 3.21. The monoisotopic (exact) mass is 298 g/mol. The molecule has 0 saturated heterocycles. The fourth-order valence-electron chi connectivity index (χ4n) is 1.81. The molecule has 2 aromatic carbocycles. The molecule has 0 spiro atoms. The molecule has 0 aliphatic carbocycles. The maximum atomic E-state index is 12.2. The van der Waals surface area contributed by atoms with Gasteiger partial charge in [-0.15, -0.1) is 0 Å². The summed E-state index contributed by atoms with van der Waals surface area (Å²) in [7, 11) is 0. The molecule has 0 aliphatic rings. The molecular formula is C17H15ClN2O. The van der Waals surface area contributed by atoms with Gasteiger partial charge in [-0.25, -0.2) is 0 Å². The summed E-state index contributed by atoms with van der Waals surface area (Å²) in [6.45, 7) is 2.23. The van der Waals surface area contributed by atoms with E-state index in [2.05, 4.69) is 17.2 Å².